The molecule has 0 amide bonds. The number of anilines is 1. The summed E-state index contributed by atoms with van der Waals surface area (Å²) in [4.78, 5) is 28.1. The molecule has 1 saturated carbocycles. The number of nitrogens with zero attached hydrogens (tertiary/aromatic N) is 5. The van der Waals surface area contributed by atoms with Crippen LogP contribution in [0.2, 0.25) is 25.7 Å². The third-order valence-corrected chi connectivity index (χ3v) is 11.6. The number of hydrogen-bond acceptors (Lipinski definition) is 9. The van der Waals surface area contributed by atoms with Gasteiger partial charge in [0.1, 0.15) is 30.1 Å². The molecule has 2 aromatic carbocycles. The fraction of sp³-hybridized carbons (Fsp3) is 0.500. The van der Waals surface area contributed by atoms with Crippen molar-refractivity contribution in [2.24, 2.45) is 0 Å². The number of rotatable bonds is 13. The van der Waals surface area contributed by atoms with Crippen molar-refractivity contribution in [3.63, 3.8) is 0 Å². The molecule has 272 valence electrons. The van der Waals surface area contributed by atoms with Gasteiger partial charge in [-0.25, -0.2) is 9.36 Å². The monoisotopic (exact) mass is 725 g/mol. The highest BCUT2D eigenvalue weighted by atomic mass is 28.3. The lowest BCUT2D eigenvalue weighted by Crippen LogP contribution is -2.45. The Hall–Kier alpha value is -4.21. The lowest BCUT2D eigenvalue weighted by Gasteiger charge is -2.40. The molecule has 0 spiro atoms. The molecule has 2 aromatic heterocycles. The van der Waals surface area contributed by atoms with E-state index in [2.05, 4.69) is 39.5 Å². The summed E-state index contributed by atoms with van der Waals surface area (Å²) >= 11 is 0. The molecule has 3 fully saturated rings. The molecule has 15 heteroatoms. The number of halogens is 3. The number of hydrogen-bond donors (Lipinski definition) is 0. The van der Waals surface area contributed by atoms with Crippen molar-refractivity contribution in [2.75, 3.05) is 11.5 Å². The van der Waals surface area contributed by atoms with E-state index in [0.717, 1.165) is 61.0 Å². The molecular formula is C36H42F3N5O6Si. The van der Waals surface area contributed by atoms with Crippen LogP contribution in [0.3, 0.4) is 0 Å². The standard InChI is InChI=1S/C36H42F3N5O6Si/c1-51(2,3)17-16-47-22-42-32(45)20-40-44(35(42)46)25-12-10-24(11-13-25)43-26-14-15-27(43)19-28(18-26)48-21-30-33(41-50-34(30)23-8-9-23)29-6-4-5-7-31(29)49-36(37,38)39/h4-7,10-13,20,23,26-28H,8-9,14-19,21-22H2,1-3H3/t26-,27+,28+. The zero-order chi connectivity index (χ0) is 35.9. The van der Waals surface area contributed by atoms with Crippen molar-refractivity contribution in [3.8, 4) is 22.7 Å². The van der Waals surface area contributed by atoms with Crippen LogP contribution in [0.15, 0.2) is 68.8 Å². The summed E-state index contributed by atoms with van der Waals surface area (Å²) in [6.45, 7) is 7.25. The van der Waals surface area contributed by atoms with Crippen molar-refractivity contribution in [2.45, 2.75) is 108 Å². The van der Waals surface area contributed by atoms with Crippen molar-refractivity contribution in [1.29, 1.82) is 0 Å². The maximum atomic E-state index is 13.2. The average Bonchev–Trinajstić information content (AvgIpc) is 3.78. The second-order valence-corrected chi connectivity index (χ2v) is 20.5. The average molecular weight is 726 g/mol. The van der Waals surface area contributed by atoms with Crippen molar-refractivity contribution in [1.82, 2.24) is 19.5 Å². The van der Waals surface area contributed by atoms with Gasteiger partial charge in [0.25, 0.3) is 5.56 Å². The molecule has 4 heterocycles. The van der Waals surface area contributed by atoms with Crippen molar-refractivity contribution >= 4 is 13.8 Å². The normalized spacial score (nSPS) is 20.6. The number of fused-ring (bicyclic) bond motifs is 2. The van der Waals surface area contributed by atoms with Crippen LogP contribution in [0.25, 0.3) is 16.9 Å². The smallest absolute Gasteiger partial charge is 0.405 e. The van der Waals surface area contributed by atoms with Crippen LogP contribution in [0, 0.1) is 0 Å². The Morgan fingerprint density at radius 2 is 1.63 bits per heavy atom. The molecule has 0 N–H and O–H groups in total. The highest BCUT2D eigenvalue weighted by Crippen LogP contribution is 2.46. The van der Waals surface area contributed by atoms with E-state index in [1.807, 2.05) is 24.3 Å². The number of benzene rings is 2. The second-order valence-electron chi connectivity index (χ2n) is 14.9. The SMILES string of the molecule is C[Si](C)(C)CCOCn1c(=O)cnn(-c2ccc(N3[C@@H]4CC[C@H]3C[C@@H](OCc3c(-c5ccccc5OC(F)(F)F)noc3C3CC3)C4)cc2)c1=O. The van der Waals surface area contributed by atoms with Gasteiger partial charge in [0.15, 0.2) is 0 Å². The fourth-order valence-electron chi connectivity index (χ4n) is 7.13. The first-order chi connectivity index (χ1) is 24.3. The Kier molecular flexibility index (Phi) is 9.71. The molecule has 51 heavy (non-hydrogen) atoms. The van der Waals surface area contributed by atoms with Gasteiger partial charge in [-0.3, -0.25) is 4.79 Å². The van der Waals surface area contributed by atoms with Gasteiger partial charge in [0.2, 0.25) is 0 Å². The van der Waals surface area contributed by atoms with E-state index in [0.29, 0.717) is 29.3 Å². The minimum absolute atomic E-state index is 0.0497. The molecule has 3 aliphatic rings. The molecule has 2 bridgehead atoms. The number of aromatic nitrogens is 4. The summed E-state index contributed by atoms with van der Waals surface area (Å²) in [6.07, 6.45) is 1.69. The molecule has 7 rings (SSSR count). The predicted octanol–water partition coefficient (Wildman–Crippen LogP) is 6.85. The Morgan fingerprint density at radius 3 is 2.29 bits per heavy atom. The molecule has 3 atom stereocenters. The number of ether oxygens (including phenoxy) is 3. The summed E-state index contributed by atoms with van der Waals surface area (Å²) in [5.74, 6) is 0.526. The second kappa shape index (κ2) is 14.1. The van der Waals surface area contributed by atoms with Crippen LogP contribution in [-0.4, -0.2) is 58.7 Å². The Morgan fingerprint density at radius 1 is 0.941 bits per heavy atom. The summed E-state index contributed by atoms with van der Waals surface area (Å²) < 4.78 is 64.1. The molecule has 0 unspecified atom stereocenters. The van der Waals surface area contributed by atoms with Crippen LogP contribution in [0.5, 0.6) is 5.75 Å². The zero-order valence-electron chi connectivity index (χ0n) is 28.9. The van der Waals surface area contributed by atoms with E-state index in [1.54, 1.807) is 12.1 Å². The summed E-state index contributed by atoms with van der Waals surface area (Å²) in [5, 5.41) is 8.31. The lowest BCUT2D eigenvalue weighted by atomic mass is 9.98. The van der Waals surface area contributed by atoms with E-state index in [-0.39, 0.29) is 48.8 Å². The molecule has 4 aromatic rings. The van der Waals surface area contributed by atoms with E-state index >= 15 is 0 Å². The van der Waals surface area contributed by atoms with Gasteiger partial charge in [0, 0.05) is 49.5 Å². The zero-order valence-corrected chi connectivity index (χ0v) is 29.9. The van der Waals surface area contributed by atoms with Crippen LogP contribution < -0.4 is 20.9 Å². The molecule has 11 nitrogen and oxygen atoms in total. The highest BCUT2D eigenvalue weighted by Gasteiger charge is 2.42. The molecule has 1 aliphatic carbocycles. The summed E-state index contributed by atoms with van der Waals surface area (Å²) in [7, 11) is -1.31. The third-order valence-electron chi connectivity index (χ3n) is 9.86. The minimum Gasteiger partial charge on any atom is -0.405 e. The first kappa shape index (κ1) is 35.2. The van der Waals surface area contributed by atoms with Crippen LogP contribution in [0.4, 0.5) is 18.9 Å². The van der Waals surface area contributed by atoms with Gasteiger partial charge >= 0.3 is 12.1 Å². The maximum absolute atomic E-state index is 13.2. The number of para-hydroxylation sites is 1. The topological polar surface area (TPSA) is 114 Å². The maximum Gasteiger partial charge on any atom is 0.573 e. The Balaban J connectivity index is 1.02. The van der Waals surface area contributed by atoms with Gasteiger partial charge in [-0.1, -0.05) is 36.9 Å². The van der Waals surface area contributed by atoms with Gasteiger partial charge in [0.05, 0.1) is 18.4 Å². The molecule has 2 saturated heterocycles. The van der Waals surface area contributed by atoms with Crippen LogP contribution >= 0.6 is 0 Å². The Labute approximate surface area is 293 Å². The van der Waals surface area contributed by atoms with Crippen molar-refractivity contribution < 1.29 is 31.9 Å². The fourth-order valence-corrected chi connectivity index (χ4v) is 7.89. The largest absolute Gasteiger partial charge is 0.573 e. The van der Waals surface area contributed by atoms with Gasteiger partial charge < -0.3 is 23.6 Å². The van der Waals surface area contributed by atoms with Gasteiger partial charge in [-0.15, -0.1) is 13.2 Å². The Bertz CT molecular complexity index is 1950. The lowest BCUT2D eigenvalue weighted by molar-refractivity contribution is -0.274. The number of piperidine rings is 1. The predicted molar refractivity (Wildman–Crippen MR) is 186 cm³/mol. The minimum atomic E-state index is -4.84. The quantitative estimate of drug-likeness (QED) is 0.108. The number of alkyl halides is 3. The highest BCUT2D eigenvalue weighted by molar-refractivity contribution is 6.76. The first-order valence-corrected chi connectivity index (χ1v) is 21.2. The molecule has 0 radical (unpaired) electrons. The van der Waals surface area contributed by atoms with E-state index in [9.17, 15) is 22.8 Å². The van der Waals surface area contributed by atoms with Gasteiger partial charge in [-0.05, 0) is 81.0 Å². The van der Waals surface area contributed by atoms with Crippen LogP contribution in [0.1, 0.15) is 55.8 Å². The van der Waals surface area contributed by atoms with E-state index in [4.69, 9.17) is 14.0 Å². The van der Waals surface area contributed by atoms with Crippen LogP contribution in [-0.2, 0) is 22.8 Å². The van der Waals surface area contributed by atoms with E-state index in [1.165, 1.54) is 16.8 Å². The van der Waals surface area contributed by atoms with Gasteiger partial charge in [-0.2, -0.15) is 9.78 Å². The molecule has 2 aliphatic heterocycles. The van der Waals surface area contributed by atoms with E-state index < -0.39 is 25.7 Å². The molecular weight excluding hydrogens is 684 g/mol. The third kappa shape index (κ3) is 7.99. The first-order valence-electron chi connectivity index (χ1n) is 17.5. The summed E-state index contributed by atoms with van der Waals surface area (Å²) in [5.41, 5.74) is 1.71. The summed E-state index contributed by atoms with van der Waals surface area (Å²) in [6, 6.07) is 15.0. The van der Waals surface area contributed by atoms with Crippen molar-refractivity contribution in [3.05, 3.63) is 86.9 Å².